The van der Waals surface area contributed by atoms with Crippen molar-refractivity contribution < 1.29 is 9.84 Å². The van der Waals surface area contributed by atoms with Crippen molar-refractivity contribution >= 4 is 0 Å². The van der Waals surface area contributed by atoms with Gasteiger partial charge in [0.1, 0.15) is 5.60 Å². The van der Waals surface area contributed by atoms with Gasteiger partial charge < -0.3 is 9.84 Å². The van der Waals surface area contributed by atoms with E-state index in [2.05, 4.69) is 5.92 Å². The predicted molar refractivity (Wildman–Crippen MR) is 51.9 cm³/mol. The molecule has 0 saturated carbocycles. The highest BCUT2D eigenvalue weighted by Gasteiger charge is 2.21. The van der Waals surface area contributed by atoms with Gasteiger partial charge in [0.15, 0.2) is 0 Å². The zero-order chi connectivity index (χ0) is 10.2. The molecule has 0 saturated heterocycles. The lowest BCUT2D eigenvalue weighted by Crippen LogP contribution is -2.33. The first-order chi connectivity index (χ1) is 5.54. The van der Waals surface area contributed by atoms with Gasteiger partial charge in [-0.2, -0.15) is 0 Å². The minimum absolute atomic E-state index is 0.0493. The van der Waals surface area contributed by atoms with Crippen LogP contribution in [0.15, 0.2) is 0 Å². The highest BCUT2D eigenvalue weighted by Crippen LogP contribution is 2.10. The third-order valence-corrected chi connectivity index (χ3v) is 1.10. The number of ether oxygens (including phenoxy) is 1. The summed E-state index contributed by atoms with van der Waals surface area (Å²) in [7, 11) is 0. The molecule has 0 spiro atoms. The van der Waals surface area contributed by atoms with Gasteiger partial charge in [-0.1, -0.05) is 19.8 Å². The lowest BCUT2D eigenvalue weighted by molar-refractivity contribution is -0.0583. The molecule has 1 atom stereocenters. The van der Waals surface area contributed by atoms with Crippen LogP contribution >= 0.6 is 0 Å². The Hall–Kier alpha value is -0.520. The standard InChI is InChI=1S/C8H14O2.C2H6/c1-5-8(4,6-9)10-7(2)3;1-2/h1,7,9H,6H2,2-4H3;1-2H3. The first-order valence-electron chi connectivity index (χ1n) is 4.30. The summed E-state index contributed by atoms with van der Waals surface area (Å²) >= 11 is 0. The van der Waals surface area contributed by atoms with E-state index in [1.54, 1.807) is 6.92 Å². The van der Waals surface area contributed by atoms with Crippen molar-refractivity contribution in [2.45, 2.75) is 46.3 Å². The molecule has 0 aliphatic heterocycles. The van der Waals surface area contributed by atoms with E-state index < -0.39 is 5.60 Å². The summed E-state index contributed by atoms with van der Waals surface area (Å²) in [6.07, 6.45) is 5.18. The SMILES string of the molecule is C#CC(C)(CO)OC(C)C.CC. The smallest absolute Gasteiger partial charge is 0.148 e. The normalized spacial score (nSPS) is 14.2. The van der Waals surface area contributed by atoms with Crippen LogP contribution in [-0.4, -0.2) is 23.4 Å². The van der Waals surface area contributed by atoms with Crippen molar-refractivity contribution in [3.63, 3.8) is 0 Å². The molecule has 1 N–H and O–H groups in total. The minimum atomic E-state index is -0.811. The second-order valence-corrected chi connectivity index (χ2v) is 2.70. The van der Waals surface area contributed by atoms with Gasteiger partial charge in [0, 0.05) is 0 Å². The van der Waals surface area contributed by atoms with Crippen LogP contribution in [0.4, 0.5) is 0 Å². The number of aliphatic hydroxyl groups excluding tert-OH is 1. The highest BCUT2D eigenvalue weighted by molar-refractivity contribution is 5.05. The Morgan fingerprint density at radius 2 is 1.92 bits per heavy atom. The molecule has 0 amide bonds. The number of rotatable bonds is 3. The van der Waals surface area contributed by atoms with Crippen LogP contribution in [-0.2, 0) is 4.74 Å². The Balaban J connectivity index is 0. The lowest BCUT2D eigenvalue weighted by atomic mass is 10.1. The second kappa shape index (κ2) is 7.15. The van der Waals surface area contributed by atoms with E-state index in [1.807, 2.05) is 27.7 Å². The first kappa shape index (κ1) is 14.0. The van der Waals surface area contributed by atoms with E-state index in [9.17, 15) is 0 Å². The van der Waals surface area contributed by atoms with Crippen LogP contribution in [0.5, 0.6) is 0 Å². The molecule has 0 aliphatic rings. The summed E-state index contributed by atoms with van der Waals surface area (Å²) in [4.78, 5) is 0. The van der Waals surface area contributed by atoms with Gasteiger partial charge >= 0.3 is 0 Å². The molecule has 2 nitrogen and oxygen atoms in total. The molecule has 0 aliphatic carbocycles. The number of hydrogen-bond donors (Lipinski definition) is 1. The second-order valence-electron chi connectivity index (χ2n) is 2.70. The van der Waals surface area contributed by atoms with E-state index in [-0.39, 0.29) is 12.7 Å². The molecule has 1 unspecified atom stereocenters. The lowest BCUT2D eigenvalue weighted by Gasteiger charge is -2.23. The average Bonchev–Trinajstić information content (AvgIpc) is 2.07. The van der Waals surface area contributed by atoms with Crippen LogP contribution in [0.25, 0.3) is 0 Å². The van der Waals surface area contributed by atoms with Gasteiger partial charge in [-0.15, -0.1) is 6.42 Å². The molecule has 0 radical (unpaired) electrons. The van der Waals surface area contributed by atoms with E-state index in [0.717, 1.165) is 0 Å². The van der Waals surface area contributed by atoms with Crippen LogP contribution < -0.4 is 0 Å². The number of hydrogen-bond acceptors (Lipinski definition) is 2. The largest absolute Gasteiger partial charge is 0.392 e. The van der Waals surface area contributed by atoms with Crippen molar-refractivity contribution in [3.8, 4) is 12.3 Å². The fraction of sp³-hybridized carbons (Fsp3) is 0.800. The van der Waals surface area contributed by atoms with Gasteiger partial charge in [0.25, 0.3) is 0 Å². The highest BCUT2D eigenvalue weighted by atomic mass is 16.5. The van der Waals surface area contributed by atoms with Crippen LogP contribution in [0, 0.1) is 12.3 Å². The van der Waals surface area contributed by atoms with Gasteiger partial charge in [-0.05, 0) is 20.8 Å². The van der Waals surface area contributed by atoms with Crippen molar-refractivity contribution in [1.29, 1.82) is 0 Å². The molecule has 0 heterocycles. The van der Waals surface area contributed by atoms with Gasteiger partial charge in [-0.25, -0.2) is 0 Å². The van der Waals surface area contributed by atoms with Crippen molar-refractivity contribution in [2.24, 2.45) is 0 Å². The zero-order valence-corrected chi connectivity index (χ0v) is 8.72. The number of terminal acetylenes is 1. The maximum absolute atomic E-state index is 8.77. The topological polar surface area (TPSA) is 29.5 Å². The third kappa shape index (κ3) is 6.21. The van der Waals surface area contributed by atoms with Crippen molar-refractivity contribution in [3.05, 3.63) is 0 Å². The maximum atomic E-state index is 8.77. The summed E-state index contributed by atoms with van der Waals surface area (Å²) in [6.45, 7) is 9.31. The van der Waals surface area contributed by atoms with Gasteiger partial charge in [0.05, 0.1) is 12.7 Å². The minimum Gasteiger partial charge on any atom is -0.392 e. The summed E-state index contributed by atoms with van der Waals surface area (Å²) in [5, 5.41) is 8.77. The quantitative estimate of drug-likeness (QED) is 0.658. The van der Waals surface area contributed by atoms with Gasteiger partial charge in [-0.3, -0.25) is 0 Å². The first-order valence-corrected chi connectivity index (χ1v) is 4.30. The molecule has 2 heteroatoms. The summed E-state index contributed by atoms with van der Waals surface area (Å²) < 4.78 is 5.25. The Morgan fingerprint density at radius 3 is 2.00 bits per heavy atom. The Kier molecular flexibility index (Phi) is 8.36. The number of aliphatic hydroxyl groups is 1. The van der Waals surface area contributed by atoms with Crippen LogP contribution in [0.1, 0.15) is 34.6 Å². The molecule has 0 fully saturated rings. The Bertz CT molecular complexity index is 135. The fourth-order valence-corrected chi connectivity index (χ4v) is 0.637. The fourth-order valence-electron chi connectivity index (χ4n) is 0.637. The predicted octanol–water partition coefficient (Wildman–Crippen LogP) is 1.82. The monoisotopic (exact) mass is 172 g/mol. The van der Waals surface area contributed by atoms with Crippen LogP contribution in [0.3, 0.4) is 0 Å². The van der Waals surface area contributed by atoms with Crippen molar-refractivity contribution in [1.82, 2.24) is 0 Å². The summed E-state index contributed by atoms with van der Waals surface area (Å²) in [5.41, 5.74) is -0.811. The third-order valence-electron chi connectivity index (χ3n) is 1.10. The summed E-state index contributed by atoms with van der Waals surface area (Å²) in [5.74, 6) is 2.39. The molecule has 12 heavy (non-hydrogen) atoms. The van der Waals surface area contributed by atoms with E-state index in [4.69, 9.17) is 16.3 Å². The molecular formula is C10H20O2. The van der Waals surface area contributed by atoms with Gasteiger partial charge in [0.2, 0.25) is 0 Å². The zero-order valence-electron chi connectivity index (χ0n) is 8.72. The van der Waals surface area contributed by atoms with E-state index in [0.29, 0.717) is 0 Å². The molecule has 0 aromatic rings. The molecular weight excluding hydrogens is 152 g/mol. The maximum Gasteiger partial charge on any atom is 0.148 e. The molecule has 0 aromatic heterocycles. The molecule has 0 aromatic carbocycles. The molecule has 0 rings (SSSR count). The average molecular weight is 172 g/mol. The van der Waals surface area contributed by atoms with E-state index >= 15 is 0 Å². The molecule has 72 valence electrons. The van der Waals surface area contributed by atoms with Crippen LogP contribution in [0.2, 0.25) is 0 Å². The van der Waals surface area contributed by atoms with E-state index in [1.165, 1.54) is 0 Å². The Labute approximate surface area is 75.9 Å². The van der Waals surface area contributed by atoms with Crippen molar-refractivity contribution in [2.75, 3.05) is 6.61 Å². The summed E-state index contributed by atoms with van der Waals surface area (Å²) in [6, 6.07) is 0. The molecule has 0 bridgehead atoms. The Morgan fingerprint density at radius 1 is 1.50 bits per heavy atom.